The van der Waals surface area contributed by atoms with Gasteiger partial charge in [0.05, 0.1) is 17.2 Å². The number of alkyl halides is 3. The van der Waals surface area contributed by atoms with Gasteiger partial charge in [0.1, 0.15) is 5.82 Å². The van der Waals surface area contributed by atoms with Crippen LogP contribution in [0.1, 0.15) is 29.2 Å². The third-order valence-electron chi connectivity index (χ3n) is 4.98. The number of nitrogens with zero attached hydrogens (tertiary/aromatic N) is 2. The third kappa shape index (κ3) is 4.78. The molecular weight excluding hydrogens is 402 g/mol. The molecule has 0 saturated carbocycles. The van der Waals surface area contributed by atoms with Gasteiger partial charge in [0, 0.05) is 25.3 Å². The number of nitriles is 1. The second kappa shape index (κ2) is 8.05. The van der Waals surface area contributed by atoms with E-state index in [0.717, 1.165) is 17.2 Å². The van der Waals surface area contributed by atoms with Crippen LogP contribution in [0.3, 0.4) is 0 Å². The zero-order valence-electron chi connectivity index (χ0n) is 16.1. The van der Waals surface area contributed by atoms with Crippen LogP contribution in [0.5, 0.6) is 0 Å². The highest BCUT2D eigenvalue weighted by atomic mass is 19.4. The lowest BCUT2D eigenvalue weighted by Crippen LogP contribution is -2.50. The van der Waals surface area contributed by atoms with Crippen molar-refractivity contribution in [1.29, 1.82) is 5.26 Å². The highest BCUT2D eigenvalue weighted by Crippen LogP contribution is 2.33. The van der Waals surface area contributed by atoms with Crippen molar-refractivity contribution in [3.63, 3.8) is 0 Å². The minimum absolute atomic E-state index is 0.0861. The summed E-state index contributed by atoms with van der Waals surface area (Å²) >= 11 is 0. The summed E-state index contributed by atoms with van der Waals surface area (Å²) in [5.74, 6) is -1.26. The van der Waals surface area contributed by atoms with Crippen LogP contribution in [0, 0.1) is 17.1 Å². The first-order valence-electron chi connectivity index (χ1n) is 9.14. The predicted molar refractivity (Wildman–Crippen MR) is 101 cm³/mol. The van der Waals surface area contributed by atoms with E-state index in [1.165, 1.54) is 31.2 Å². The van der Waals surface area contributed by atoms with Gasteiger partial charge in [-0.2, -0.15) is 18.4 Å². The molecule has 0 aromatic heterocycles. The number of hydrogen-bond acceptors (Lipinski definition) is 4. The monoisotopic (exact) mass is 421 g/mol. The van der Waals surface area contributed by atoms with Crippen molar-refractivity contribution in [1.82, 2.24) is 4.90 Å². The number of anilines is 1. The molecule has 2 aromatic rings. The Morgan fingerprint density at radius 1 is 1.23 bits per heavy atom. The number of rotatable bonds is 4. The van der Waals surface area contributed by atoms with E-state index in [1.54, 1.807) is 11.0 Å². The van der Waals surface area contributed by atoms with Crippen LogP contribution in [0.2, 0.25) is 0 Å². The van der Waals surface area contributed by atoms with Gasteiger partial charge in [-0.3, -0.25) is 9.69 Å². The van der Waals surface area contributed by atoms with Gasteiger partial charge in [0.2, 0.25) is 0 Å². The van der Waals surface area contributed by atoms with Gasteiger partial charge in [0.25, 0.3) is 5.91 Å². The van der Waals surface area contributed by atoms with Gasteiger partial charge in [0.15, 0.2) is 5.60 Å². The number of halogens is 4. The Labute approximate surface area is 170 Å². The zero-order chi connectivity index (χ0) is 22.1. The number of β-amino-alcohol motifs (C(OH)–C–C–N with tert-alkyl or cyclic N) is 1. The minimum atomic E-state index is -4.76. The van der Waals surface area contributed by atoms with Crippen molar-refractivity contribution in [2.45, 2.75) is 31.7 Å². The lowest BCUT2D eigenvalue weighted by Gasteiger charge is -2.34. The van der Waals surface area contributed by atoms with Gasteiger partial charge >= 0.3 is 6.18 Å². The van der Waals surface area contributed by atoms with E-state index in [2.05, 4.69) is 5.32 Å². The second-order valence-corrected chi connectivity index (χ2v) is 7.47. The molecule has 1 amide bonds. The summed E-state index contributed by atoms with van der Waals surface area (Å²) in [5, 5.41) is 21.8. The van der Waals surface area contributed by atoms with Crippen molar-refractivity contribution in [2.24, 2.45) is 0 Å². The van der Waals surface area contributed by atoms with Crippen molar-refractivity contribution in [3.05, 3.63) is 64.5 Å². The zero-order valence-corrected chi connectivity index (χ0v) is 16.1. The Bertz CT molecular complexity index is 1010. The first-order valence-corrected chi connectivity index (χ1v) is 9.14. The van der Waals surface area contributed by atoms with E-state index < -0.39 is 28.8 Å². The maximum absolute atomic E-state index is 13.5. The topological polar surface area (TPSA) is 76.4 Å². The van der Waals surface area contributed by atoms with Gasteiger partial charge in [-0.1, -0.05) is 6.07 Å². The molecule has 0 unspecified atom stereocenters. The van der Waals surface area contributed by atoms with E-state index in [9.17, 15) is 27.5 Å². The summed E-state index contributed by atoms with van der Waals surface area (Å²) in [6, 6.07) is 8.75. The molecule has 9 heteroatoms. The molecule has 30 heavy (non-hydrogen) atoms. The fourth-order valence-electron chi connectivity index (χ4n) is 3.45. The van der Waals surface area contributed by atoms with Crippen molar-refractivity contribution < 1.29 is 27.5 Å². The van der Waals surface area contributed by atoms with Crippen LogP contribution in [-0.4, -0.2) is 34.6 Å². The number of amides is 1. The van der Waals surface area contributed by atoms with Crippen LogP contribution in [0.15, 0.2) is 36.4 Å². The lowest BCUT2D eigenvalue weighted by atomic mass is 9.97. The quantitative estimate of drug-likeness (QED) is 0.742. The second-order valence-electron chi connectivity index (χ2n) is 7.47. The first-order chi connectivity index (χ1) is 14.0. The fraction of sp³-hybridized carbons (Fsp3) is 0.333. The first kappa shape index (κ1) is 21.7. The number of hydrogen-bond donors (Lipinski definition) is 2. The molecular formula is C21H19F4N3O2. The predicted octanol–water partition coefficient (Wildman–Crippen LogP) is 3.46. The average molecular weight is 421 g/mol. The molecule has 0 fully saturated rings. The standard InChI is InChI=1S/C21H19F4N3O2/c1-20(30,12-28-7-6-13-2-4-16(22)8-15(13)11-28)19(29)27-17-5-3-14(10-26)18(9-17)21(23,24)25/h2-5,8-9,30H,6-7,11-12H2,1H3,(H,27,29)/t20-/m0/s1. The molecule has 0 bridgehead atoms. The maximum atomic E-state index is 13.5. The van der Waals surface area contributed by atoms with Crippen molar-refractivity contribution in [3.8, 4) is 6.07 Å². The van der Waals surface area contributed by atoms with Crippen LogP contribution < -0.4 is 5.32 Å². The Morgan fingerprint density at radius 3 is 2.63 bits per heavy atom. The lowest BCUT2D eigenvalue weighted by molar-refractivity contribution is -0.138. The number of nitrogens with one attached hydrogen (secondary N) is 1. The van der Waals surface area contributed by atoms with E-state index in [1.807, 2.05) is 0 Å². The number of aliphatic hydroxyl groups is 1. The molecule has 3 rings (SSSR count). The molecule has 0 radical (unpaired) electrons. The molecule has 0 aliphatic carbocycles. The van der Waals surface area contributed by atoms with E-state index in [-0.39, 0.29) is 18.0 Å². The van der Waals surface area contributed by atoms with Gasteiger partial charge in [-0.25, -0.2) is 4.39 Å². The Morgan fingerprint density at radius 2 is 1.97 bits per heavy atom. The summed E-state index contributed by atoms with van der Waals surface area (Å²) in [4.78, 5) is 14.3. The number of carbonyl (C=O) groups excluding carboxylic acids is 1. The number of fused-ring (bicyclic) bond motifs is 1. The summed E-state index contributed by atoms with van der Waals surface area (Å²) in [7, 11) is 0. The molecule has 2 aromatic carbocycles. The highest BCUT2D eigenvalue weighted by molar-refractivity contribution is 5.97. The molecule has 0 saturated heterocycles. The molecule has 0 spiro atoms. The molecule has 1 heterocycles. The summed E-state index contributed by atoms with van der Waals surface area (Å²) in [6.45, 7) is 2.05. The molecule has 1 atom stereocenters. The van der Waals surface area contributed by atoms with E-state index >= 15 is 0 Å². The van der Waals surface area contributed by atoms with Gasteiger partial charge in [-0.15, -0.1) is 0 Å². The van der Waals surface area contributed by atoms with Crippen LogP contribution in [-0.2, 0) is 23.9 Å². The largest absolute Gasteiger partial charge is 0.417 e. The fourth-order valence-corrected chi connectivity index (χ4v) is 3.45. The Balaban J connectivity index is 1.71. The molecule has 158 valence electrons. The third-order valence-corrected chi connectivity index (χ3v) is 4.98. The smallest absolute Gasteiger partial charge is 0.379 e. The normalized spacial score (nSPS) is 16.3. The molecule has 1 aliphatic heterocycles. The average Bonchev–Trinajstić information content (AvgIpc) is 2.66. The Hall–Kier alpha value is -2.96. The number of benzene rings is 2. The summed E-state index contributed by atoms with van der Waals surface area (Å²) in [6.07, 6.45) is -4.14. The minimum Gasteiger partial charge on any atom is -0.379 e. The van der Waals surface area contributed by atoms with Crippen LogP contribution in [0.4, 0.5) is 23.2 Å². The van der Waals surface area contributed by atoms with Crippen LogP contribution >= 0.6 is 0 Å². The summed E-state index contributed by atoms with van der Waals surface area (Å²) < 4.78 is 52.8. The molecule has 2 N–H and O–H groups in total. The van der Waals surface area contributed by atoms with Crippen LogP contribution in [0.25, 0.3) is 0 Å². The van der Waals surface area contributed by atoms with Gasteiger partial charge in [-0.05, 0) is 54.8 Å². The van der Waals surface area contributed by atoms with Crippen molar-refractivity contribution in [2.75, 3.05) is 18.4 Å². The van der Waals surface area contributed by atoms with Crippen molar-refractivity contribution >= 4 is 11.6 Å². The molecule has 1 aliphatic rings. The number of carbonyl (C=O) groups is 1. The SMILES string of the molecule is C[C@](O)(CN1CCc2ccc(F)cc2C1)C(=O)Nc1ccc(C#N)c(C(F)(F)F)c1. The van der Waals surface area contributed by atoms with E-state index in [0.29, 0.717) is 25.6 Å². The highest BCUT2D eigenvalue weighted by Gasteiger charge is 2.36. The van der Waals surface area contributed by atoms with Gasteiger partial charge < -0.3 is 10.4 Å². The van der Waals surface area contributed by atoms with E-state index in [4.69, 9.17) is 5.26 Å². The Kier molecular flexibility index (Phi) is 5.83. The molecule has 5 nitrogen and oxygen atoms in total. The summed E-state index contributed by atoms with van der Waals surface area (Å²) in [5.41, 5.74) is -2.06. The maximum Gasteiger partial charge on any atom is 0.417 e.